The van der Waals surface area contributed by atoms with E-state index in [4.69, 9.17) is 0 Å². The van der Waals surface area contributed by atoms with Gasteiger partial charge in [0.25, 0.3) is 0 Å². The summed E-state index contributed by atoms with van der Waals surface area (Å²) in [6.45, 7) is 8.74. The lowest BCUT2D eigenvalue weighted by Gasteiger charge is -2.36. The zero-order chi connectivity index (χ0) is 18.5. The molecule has 5 heteroatoms. The topological polar surface area (TPSA) is 35.6 Å². The molecule has 1 fully saturated rings. The number of nitrogens with zero attached hydrogens (tertiary/aromatic N) is 2. The number of amides is 1. The zero-order valence-electron chi connectivity index (χ0n) is 15.5. The Kier molecular flexibility index (Phi) is 5.89. The average Bonchev–Trinajstić information content (AvgIpc) is 2.64. The van der Waals surface area contributed by atoms with Crippen LogP contribution >= 0.6 is 0 Å². The highest BCUT2D eigenvalue weighted by molar-refractivity contribution is 5.78. The Hall–Kier alpha value is -2.40. The van der Waals surface area contributed by atoms with E-state index >= 15 is 0 Å². The van der Waals surface area contributed by atoms with Crippen molar-refractivity contribution < 1.29 is 9.18 Å². The van der Waals surface area contributed by atoms with Crippen LogP contribution in [0.25, 0.3) is 0 Å². The molecule has 0 radical (unpaired) electrons. The Morgan fingerprint density at radius 3 is 2.42 bits per heavy atom. The molecule has 0 aromatic heterocycles. The van der Waals surface area contributed by atoms with Crippen LogP contribution in [0.3, 0.4) is 0 Å². The van der Waals surface area contributed by atoms with Crippen molar-refractivity contribution >= 4 is 11.6 Å². The molecule has 3 rings (SSSR count). The van der Waals surface area contributed by atoms with E-state index in [2.05, 4.69) is 47.2 Å². The SMILES string of the molecule is Cc1cccc(N2CCN(CC(=O)NCc3ccc(F)cc3)CC2)c1C. The van der Waals surface area contributed by atoms with Crippen LogP contribution in [-0.2, 0) is 11.3 Å². The van der Waals surface area contributed by atoms with Crippen LogP contribution in [0.1, 0.15) is 16.7 Å². The molecule has 26 heavy (non-hydrogen) atoms. The predicted octanol–water partition coefficient (Wildman–Crippen LogP) is 2.88. The van der Waals surface area contributed by atoms with Gasteiger partial charge in [-0.15, -0.1) is 0 Å². The summed E-state index contributed by atoms with van der Waals surface area (Å²) in [6.07, 6.45) is 0. The third kappa shape index (κ3) is 4.61. The Morgan fingerprint density at radius 2 is 1.73 bits per heavy atom. The molecule has 1 aliphatic rings. The first-order valence-electron chi connectivity index (χ1n) is 9.07. The van der Waals surface area contributed by atoms with Crippen molar-refractivity contribution in [2.24, 2.45) is 0 Å². The fourth-order valence-electron chi connectivity index (χ4n) is 3.29. The number of aryl methyl sites for hydroxylation is 1. The van der Waals surface area contributed by atoms with Gasteiger partial charge in [0.1, 0.15) is 5.82 Å². The quantitative estimate of drug-likeness (QED) is 0.896. The third-order valence-electron chi connectivity index (χ3n) is 5.06. The van der Waals surface area contributed by atoms with Crippen LogP contribution in [-0.4, -0.2) is 43.5 Å². The van der Waals surface area contributed by atoms with E-state index in [0.29, 0.717) is 13.1 Å². The van der Waals surface area contributed by atoms with Crippen molar-refractivity contribution in [2.75, 3.05) is 37.6 Å². The Morgan fingerprint density at radius 1 is 1.04 bits per heavy atom. The molecular formula is C21H26FN3O. The van der Waals surface area contributed by atoms with Gasteiger partial charge in [-0.05, 0) is 48.7 Å². The van der Waals surface area contributed by atoms with Gasteiger partial charge in [-0.1, -0.05) is 24.3 Å². The van der Waals surface area contributed by atoms with Gasteiger partial charge >= 0.3 is 0 Å². The van der Waals surface area contributed by atoms with Gasteiger partial charge in [-0.25, -0.2) is 4.39 Å². The Bertz CT molecular complexity index is 752. The first-order valence-corrected chi connectivity index (χ1v) is 9.07. The number of piperazine rings is 1. The molecule has 0 saturated carbocycles. The Labute approximate surface area is 154 Å². The van der Waals surface area contributed by atoms with E-state index in [0.717, 1.165) is 31.7 Å². The summed E-state index contributed by atoms with van der Waals surface area (Å²) in [4.78, 5) is 16.7. The van der Waals surface area contributed by atoms with E-state index in [9.17, 15) is 9.18 Å². The Balaban J connectivity index is 1.45. The number of carbonyl (C=O) groups is 1. The number of hydrogen-bond donors (Lipinski definition) is 1. The summed E-state index contributed by atoms with van der Waals surface area (Å²) in [7, 11) is 0. The fourth-order valence-corrected chi connectivity index (χ4v) is 3.29. The molecule has 0 bridgehead atoms. The molecule has 0 unspecified atom stereocenters. The van der Waals surface area contributed by atoms with Gasteiger partial charge < -0.3 is 10.2 Å². The monoisotopic (exact) mass is 355 g/mol. The number of nitrogens with one attached hydrogen (secondary N) is 1. The maximum absolute atomic E-state index is 12.9. The minimum absolute atomic E-state index is 0.00881. The highest BCUT2D eigenvalue weighted by Crippen LogP contribution is 2.23. The molecule has 4 nitrogen and oxygen atoms in total. The minimum Gasteiger partial charge on any atom is -0.369 e. The summed E-state index contributed by atoms with van der Waals surface area (Å²) < 4.78 is 12.9. The highest BCUT2D eigenvalue weighted by atomic mass is 19.1. The number of rotatable bonds is 5. The van der Waals surface area contributed by atoms with Gasteiger partial charge in [-0.3, -0.25) is 9.69 Å². The highest BCUT2D eigenvalue weighted by Gasteiger charge is 2.20. The number of hydrogen-bond acceptors (Lipinski definition) is 3. The van der Waals surface area contributed by atoms with Crippen LogP contribution in [0.5, 0.6) is 0 Å². The molecule has 0 atom stereocenters. The zero-order valence-corrected chi connectivity index (χ0v) is 15.5. The fraction of sp³-hybridized carbons (Fsp3) is 0.381. The van der Waals surface area contributed by atoms with Gasteiger partial charge in [0.15, 0.2) is 0 Å². The van der Waals surface area contributed by atoms with Gasteiger partial charge in [-0.2, -0.15) is 0 Å². The molecule has 0 spiro atoms. The first-order chi connectivity index (χ1) is 12.5. The maximum Gasteiger partial charge on any atom is 0.234 e. The van der Waals surface area contributed by atoms with E-state index in [1.807, 2.05) is 0 Å². The molecule has 1 aliphatic heterocycles. The molecule has 1 saturated heterocycles. The lowest BCUT2D eigenvalue weighted by Crippen LogP contribution is -2.49. The van der Waals surface area contributed by atoms with Crippen LogP contribution in [0.4, 0.5) is 10.1 Å². The van der Waals surface area contributed by atoms with Crippen LogP contribution in [0.15, 0.2) is 42.5 Å². The van der Waals surface area contributed by atoms with E-state index in [1.165, 1.54) is 28.9 Å². The van der Waals surface area contributed by atoms with Crippen molar-refractivity contribution in [3.05, 3.63) is 65.0 Å². The average molecular weight is 355 g/mol. The normalized spacial score (nSPS) is 15.1. The van der Waals surface area contributed by atoms with Crippen molar-refractivity contribution in [3.63, 3.8) is 0 Å². The number of anilines is 1. The summed E-state index contributed by atoms with van der Waals surface area (Å²) >= 11 is 0. The van der Waals surface area contributed by atoms with Gasteiger partial charge in [0.2, 0.25) is 5.91 Å². The molecular weight excluding hydrogens is 329 g/mol. The van der Waals surface area contributed by atoms with Crippen molar-refractivity contribution in [2.45, 2.75) is 20.4 Å². The van der Waals surface area contributed by atoms with E-state index in [-0.39, 0.29) is 11.7 Å². The van der Waals surface area contributed by atoms with Crippen molar-refractivity contribution in [3.8, 4) is 0 Å². The lowest BCUT2D eigenvalue weighted by molar-refractivity contribution is -0.122. The second-order valence-corrected chi connectivity index (χ2v) is 6.89. The molecule has 1 amide bonds. The summed E-state index contributed by atoms with van der Waals surface area (Å²) in [5.41, 5.74) is 4.84. The van der Waals surface area contributed by atoms with E-state index < -0.39 is 0 Å². The standard InChI is InChI=1S/C21H26FN3O/c1-16-4-3-5-20(17(16)2)25-12-10-24(11-13-25)15-21(26)23-14-18-6-8-19(22)9-7-18/h3-9H,10-15H2,1-2H3,(H,23,26). The van der Waals surface area contributed by atoms with Crippen LogP contribution < -0.4 is 10.2 Å². The lowest BCUT2D eigenvalue weighted by atomic mass is 10.1. The molecule has 1 N–H and O–H groups in total. The summed E-state index contributed by atoms with van der Waals surface area (Å²) in [5.74, 6) is -0.253. The third-order valence-corrected chi connectivity index (χ3v) is 5.06. The van der Waals surface area contributed by atoms with E-state index in [1.54, 1.807) is 12.1 Å². The second-order valence-electron chi connectivity index (χ2n) is 6.89. The molecule has 2 aromatic carbocycles. The molecule has 138 valence electrons. The van der Waals surface area contributed by atoms with Gasteiger partial charge in [0.05, 0.1) is 6.54 Å². The van der Waals surface area contributed by atoms with Gasteiger partial charge in [0, 0.05) is 38.4 Å². The number of carbonyl (C=O) groups excluding carboxylic acids is 1. The first kappa shape index (κ1) is 18.4. The molecule has 2 aromatic rings. The predicted molar refractivity (Wildman–Crippen MR) is 103 cm³/mol. The number of benzene rings is 2. The van der Waals surface area contributed by atoms with Crippen LogP contribution in [0.2, 0.25) is 0 Å². The molecule has 0 aliphatic carbocycles. The maximum atomic E-state index is 12.9. The van der Waals surface area contributed by atoms with Crippen LogP contribution in [0, 0.1) is 19.7 Å². The summed E-state index contributed by atoms with van der Waals surface area (Å²) in [5, 5.41) is 2.91. The minimum atomic E-state index is -0.262. The number of halogens is 1. The largest absolute Gasteiger partial charge is 0.369 e. The second kappa shape index (κ2) is 8.32. The van der Waals surface area contributed by atoms with Crippen molar-refractivity contribution in [1.29, 1.82) is 0 Å². The molecule has 1 heterocycles. The van der Waals surface area contributed by atoms with Crippen molar-refractivity contribution in [1.82, 2.24) is 10.2 Å². The summed E-state index contributed by atoms with van der Waals surface area (Å²) in [6, 6.07) is 12.6. The smallest absolute Gasteiger partial charge is 0.234 e.